The lowest BCUT2D eigenvalue weighted by Gasteiger charge is -2.23. The molecule has 0 aromatic heterocycles. The van der Waals surface area contributed by atoms with Gasteiger partial charge in [-0.2, -0.15) is 0 Å². The van der Waals surface area contributed by atoms with Crippen LogP contribution in [0.1, 0.15) is 34.1 Å². The van der Waals surface area contributed by atoms with Crippen LogP contribution in [0.5, 0.6) is 0 Å². The molecule has 1 atom stereocenters. The lowest BCUT2D eigenvalue weighted by molar-refractivity contribution is -0.168. The molecule has 0 fully saturated rings. The van der Waals surface area contributed by atoms with E-state index < -0.39 is 17.4 Å². The van der Waals surface area contributed by atoms with Gasteiger partial charge >= 0.3 is 11.9 Å². The molecule has 0 radical (unpaired) electrons. The van der Waals surface area contributed by atoms with E-state index in [4.69, 9.17) is 9.47 Å². The molecule has 1 aliphatic rings. The van der Waals surface area contributed by atoms with Gasteiger partial charge in [0.2, 0.25) is 0 Å². The van der Waals surface area contributed by atoms with Crippen molar-refractivity contribution in [2.24, 2.45) is 11.3 Å². The first-order valence-corrected chi connectivity index (χ1v) is 6.01. The van der Waals surface area contributed by atoms with Gasteiger partial charge in [-0.15, -0.1) is 0 Å². The standard InChI is InChI=1S/C13H20O4/c1-5-16-11(14)13(12(15)17-6-2)7-9(3)10(4)8-13/h7,10H,5-6,8H2,1-4H3. The molecule has 1 rings (SSSR count). The number of hydrogen-bond acceptors (Lipinski definition) is 4. The largest absolute Gasteiger partial charge is 0.465 e. The first-order valence-electron chi connectivity index (χ1n) is 6.01. The zero-order valence-corrected chi connectivity index (χ0v) is 10.9. The van der Waals surface area contributed by atoms with E-state index in [1.165, 1.54) is 0 Å². The minimum atomic E-state index is -1.23. The van der Waals surface area contributed by atoms with E-state index in [1.54, 1.807) is 19.9 Å². The average molecular weight is 240 g/mol. The fourth-order valence-electron chi connectivity index (χ4n) is 2.12. The SMILES string of the molecule is CCOC(=O)C1(C(=O)OCC)C=C(C)C(C)C1. The van der Waals surface area contributed by atoms with E-state index in [2.05, 4.69) is 0 Å². The van der Waals surface area contributed by atoms with Crippen LogP contribution in [0.25, 0.3) is 0 Å². The summed E-state index contributed by atoms with van der Waals surface area (Å²) in [7, 11) is 0. The van der Waals surface area contributed by atoms with Crippen LogP contribution < -0.4 is 0 Å². The summed E-state index contributed by atoms with van der Waals surface area (Å²) in [4.78, 5) is 24.0. The Hall–Kier alpha value is -1.32. The van der Waals surface area contributed by atoms with Crippen molar-refractivity contribution >= 4 is 11.9 Å². The van der Waals surface area contributed by atoms with Crippen LogP contribution in [-0.2, 0) is 19.1 Å². The highest BCUT2D eigenvalue weighted by atomic mass is 16.6. The summed E-state index contributed by atoms with van der Waals surface area (Å²) in [5, 5.41) is 0. The van der Waals surface area contributed by atoms with Gasteiger partial charge in [0.05, 0.1) is 13.2 Å². The molecule has 0 amide bonds. The first-order chi connectivity index (χ1) is 7.97. The highest BCUT2D eigenvalue weighted by Crippen LogP contribution is 2.42. The van der Waals surface area contributed by atoms with Gasteiger partial charge in [-0.1, -0.05) is 18.6 Å². The van der Waals surface area contributed by atoms with E-state index in [-0.39, 0.29) is 19.1 Å². The Labute approximate surface area is 102 Å². The van der Waals surface area contributed by atoms with Crippen LogP contribution in [0.15, 0.2) is 11.6 Å². The second-order valence-electron chi connectivity index (χ2n) is 4.41. The third kappa shape index (κ3) is 2.51. The lowest BCUT2D eigenvalue weighted by atomic mass is 9.85. The minimum absolute atomic E-state index is 0.198. The third-order valence-corrected chi connectivity index (χ3v) is 3.16. The van der Waals surface area contributed by atoms with E-state index in [9.17, 15) is 9.59 Å². The number of ether oxygens (including phenoxy) is 2. The Morgan fingerprint density at radius 2 is 1.76 bits per heavy atom. The third-order valence-electron chi connectivity index (χ3n) is 3.16. The molecule has 0 N–H and O–H groups in total. The van der Waals surface area contributed by atoms with Crippen molar-refractivity contribution in [3.63, 3.8) is 0 Å². The van der Waals surface area contributed by atoms with Crippen LogP contribution in [0.4, 0.5) is 0 Å². The van der Waals surface area contributed by atoms with Gasteiger partial charge in [-0.05, 0) is 33.1 Å². The van der Waals surface area contributed by atoms with Gasteiger partial charge in [0, 0.05) is 0 Å². The Balaban J connectivity index is 3.03. The summed E-state index contributed by atoms with van der Waals surface area (Å²) >= 11 is 0. The molecular weight excluding hydrogens is 220 g/mol. The Morgan fingerprint density at radius 1 is 1.29 bits per heavy atom. The van der Waals surface area contributed by atoms with Crippen molar-refractivity contribution in [3.8, 4) is 0 Å². The van der Waals surface area contributed by atoms with Crippen molar-refractivity contribution in [2.45, 2.75) is 34.1 Å². The van der Waals surface area contributed by atoms with Gasteiger partial charge in [0.1, 0.15) is 0 Å². The number of rotatable bonds is 4. The Bertz CT molecular complexity index is 325. The normalized spacial score (nSPS) is 21.9. The van der Waals surface area contributed by atoms with Gasteiger partial charge in [-0.3, -0.25) is 9.59 Å². The zero-order valence-electron chi connectivity index (χ0n) is 10.9. The molecule has 0 aromatic carbocycles. The molecule has 96 valence electrons. The predicted octanol–water partition coefficient (Wildman–Crippen LogP) is 2.09. The van der Waals surface area contributed by atoms with Crippen LogP contribution in [0.2, 0.25) is 0 Å². The van der Waals surface area contributed by atoms with Crippen molar-refractivity contribution in [2.75, 3.05) is 13.2 Å². The predicted molar refractivity (Wildman–Crippen MR) is 63.2 cm³/mol. The minimum Gasteiger partial charge on any atom is -0.465 e. The molecule has 0 aliphatic heterocycles. The Kier molecular flexibility index (Phi) is 4.32. The molecule has 1 unspecified atom stereocenters. The molecular formula is C13H20O4. The molecule has 0 aromatic rings. The van der Waals surface area contributed by atoms with Gasteiger partial charge < -0.3 is 9.47 Å². The summed E-state index contributed by atoms with van der Waals surface area (Å²) in [6.07, 6.45) is 2.14. The molecule has 0 heterocycles. The maximum atomic E-state index is 12.0. The molecule has 0 saturated carbocycles. The maximum Gasteiger partial charge on any atom is 0.327 e. The van der Waals surface area contributed by atoms with E-state index in [1.807, 2.05) is 13.8 Å². The van der Waals surface area contributed by atoms with E-state index in [0.29, 0.717) is 6.42 Å². The average Bonchev–Trinajstić information content (AvgIpc) is 2.57. The fourth-order valence-corrected chi connectivity index (χ4v) is 2.12. The fraction of sp³-hybridized carbons (Fsp3) is 0.692. The molecule has 0 bridgehead atoms. The first kappa shape index (κ1) is 13.7. The highest BCUT2D eigenvalue weighted by Gasteiger charge is 2.51. The van der Waals surface area contributed by atoms with Gasteiger partial charge in [-0.25, -0.2) is 0 Å². The topological polar surface area (TPSA) is 52.6 Å². The molecule has 17 heavy (non-hydrogen) atoms. The Morgan fingerprint density at radius 3 is 2.06 bits per heavy atom. The van der Waals surface area contributed by atoms with Crippen LogP contribution in [0, 0.1) is 11.3 Å². The smallest absolute Gasteiger partial charge is 0.327 e. The molecule has 0 spiro atoms. The van der Waals surface area contributed by atoms with E-state index in [0.717, 1.165) is 5.57 Å². The molecule has 1 aliphatic carbocycles. The van der Waals surface area contributed by atoms with Crippen molar-refractivity contribution in [3.05, 3.63) is 11.6 Å². The summed E-state index contributed by atoms with van der Waals surface area (Å²) in [5.41, 5.74) is -0.193. The van der Waals surface area contributed by atoms with Gasteiger partial charge in [0.25, 0.3) is 0 Å². The number of carbonyl (C=O) groups is 2. The van der Waals surface area contributed by atoms with Gasteiger partial charge in [0.15, 0.2) is 5.41 Å². The number of hydrogen-bond donors (Lipinski definition) is 0. The van der Waals surface area contributed by atoms with Crippen molar-refractivity contribution < 1.29 is 19.1 Å². The second kappa shape index (κ2) is 5.34. The number of allylic oxidation sites excluding steroid dienone is 1. The van der Waals surface area contributed by atoms with Crippen LogP contribution >= 0.6 is 0 Å². The van der Waals surface area contributed by atoms with Crippen molar-refractivity contribution in [1.82, 2.24) is 0 Å². The molecule has 4 heteroatoms. The maximum absolute atomic E-state index is 12.0. The monoisotopic (exact) mass is 240 g/mol. The molecule has 0 saturated heterocycles. The lowest BCUT2D eigenvalue weighted by Crippen LogP contribution is -2.39. The summed E-state index contributed by atoms with van der Waals surface area (Å²) < 4.78 is 10.0. The number of esters is 2. The van der Waals surface area contributed by atoms with E-state index >= 15 is 0 Å². The summed E-state index contributed by atoms with van der Waals surface area (Å²) in [6, 6.07) is 0. The summed E-state index contributed by atoms with van der Waals surface area (Å²) in [6.45, 7) is 7.90. The second-order valence-corrected chi connectivity index (χ2v) is 4.41. The summed E-state index contributed by atoms with van der Waals surface area (Å²) in [5.74, 6) is -0.798. The highest BCUT2D eigenvalue weighted by molar-refractivity contribution is 6.03. The van der Waals surface area contributed by atoms with Crippen molar-refractivity contribution in [1.29, 1.82) is 0 Å². The zero-order chi connectivity index (χ0) is 13.1. The quantitative estimate of drug-likeness (QED) is 0.429. The molecule has 4 nitrogen and oxygen atoms in total. The van der Waals surface area contributed by atoms with Crippen LogP contribution in [-0.4, -0.2) is 25.2 Å². The number of carbonyl (C=O) groups excluding carboxylic acids is 2. The van der Waals surface area contributed by atoms with Crippen LogP contribution in [0.3, 0.4) is 0 Å².